The van der Waals surface area contributed by atoms with Crippen LogP contribution in [0.4, 0.5) is 0 Å². The predicted molar refractivity (Wildman–Crippen MR) is 72.4 cm³/mol. The van der Waals surface area contributed by atoms with Gasteiger partial charge < -0.3 is 5.32 Å². The fourth-order valence-corrected chi connectivity index (χ4v) is 1.98. The Balaban J connectivity index is 2.42. The number of halogens is 1. The van der Waals surface area contributed by atoms with E-state index in [0.717, 1.165) is 13.0 Å². The minimum Gasteiger partial charge on any atom is -0.352 e. The van der Waals surface area contributed by atoms with E-state index in [-0.39, 0.29) is 5.91 Å². The second-order valence-electron chi connectivity index (χ2n) is 4.95. The first-order valence-corrected chi connectivity index (χ1v) is 6.40. The van der Waals surface area contributed by atoms with Crippen LogP contribution in [0.25, 0.3) is 0 Å². The van der Waals surface area contributed by atoms with Crippen LogP contribution in [-0.2, 0) is 0 Å². The first-order valence-electron chi connectivity index (χ1n) is 6.02. The fraction of sp³-hybridized carbons (Fsp3) is 0.500. The van der Waals surface area contributed by atoms with Gasteiger partial charge in [0.05, 0.1) is 0 Å². The molecule has 0 saturated heterocycles. The number of rotatable bonds is 5. The summed E-state index contributed by atoms with van der Waals surface area (Å²) < 4.78 is 0. The molecule has 1 rings (SSSR count). The zero-order valence-corrected chi connectivity index (χ0v) is 11.4. The van der Waals surface area contributed by atoms with Gasteiger partial charge in [0.1, 0.15) is 0 Å². The number of amides is 1. The maximum atomic E-state index is 11.8. The molecule has 0 bridgehead atoms. The highest BCUT2D eigenvalue weighted by atomic mass is 35.5. The molecule has 0 unspecified atom stereocenters. The zero-order valence-electron chi connectivity index (χ0n) is 10.7. The molecule has 0 aliphatic heterocycles. The molecule has 0 fully saturated rings. The van der Waals surface area contributed by atoms with E-state index in [2.05, 4.69) is 26.1 Å². The molecule has 1 N–H and O–H groups in total. The number of hydrogen-bond donors (Lipinski definition) is 1. The lowest BCUT2D eigenvalue weighted by Gasteiger charge is -2.14. The van der Waals surface area contributed by atoms with Gasteiger partial charge in [-0.25, -0.2) is 0 Å². The van der Waals surface area contributed by atoms with E-state index >= 15 is 0 Å². The van der Waals surface area contributed by atoms with Crippen LogP contribution in [-0.4, -0.2) is 12.5 Å². The maximum Gasteiger partial charge on any atom is 0.251 e. The van der Waals surface area contributed by atoms with Crippen molar-refractivity contribution in [2.75, 3.05) is 6.54 Å². The summed E-state index contributed by atoms with van der Waals surface area (Å²) in [5, 5.41) is 3.59. The van der Waals surface area contributed by atoms with E-state index in [1.54, 1.807) is 24.3 Å². The van der Waals surface area contributed by atoms with Crippen LogP contribution in [0, 0.1) is 11.8 Å². The lowest BCUT2D eigenvalue weighted by atomic mass is 9.99. The van der Waals surface area contributed by atoms with Gasteiger partial charge in [0.2, 0.25) is 0 Å². The molecule has 1 aromatic rings. The normalized spacial score (nSPS) is 12.5. The van der Waals surface area contributed by atoms with Gasteiger partial charge in [-0.05, 0) is 42.5 Å². The average Bonchev–Trinajstić information content (AvgIpc) is 2.26. The van der Waals surface area contributed by atoms with Crippen molar-refractivity contribution in [3.8, 4) is 0 Å². The summed E-state index contributed by atoms with van der Waals surface area (Å²) in [6, 6.07) is 6.94. The molecule has 0 heterocycles. The number of hydrogen-bond acceptors (Lipinski definition) is 1. The van der Waals surface area contributed by atoms with Gasteiger partial charge in [0.15, 0.2) is 0 Å². The molecular formula is C14H20ClNO. The molecule has 2 nitrogen and oxygen atoms in total. The van der Waals surface area contributed by atoms with E-state index in [9.17, 15) is 4.79 Å². The number of benzene rings is 1. The number of nitrogens with one attached hydrogen (secondary N) is 1. The number of carbonyl (C=O) groups excluding carboxylic acids is 1. The highest BCUT2D eigenvalue weighted by Crippen LogP contribution is 2.11. The number of carbonyl (C=O) groups is 1. The van der Waals surface area contributed by atoms with Gasteiger partial charge in [-0.2, -0.15) is 0 Å². The molecule has 1 aromatic carbocycles. The van der Waals surface area contributed by atoms with E-state index in [0.29, 0.717) is 22.4 Å². The third-order valence-electron chi connectivity index (χ3n) is 2.59. The first-order chi connectivity index (χ1) is 7.99. The standard InChI is InChI=1S/C14H20ClNO/c1-10(2)8-11(3)9-16-14(17)12-4-6-13(15)7-5-12/h4-7,10-11H,8-9H2,1-3H3,(H,16,17)/t11-/m0/s1. The highest BCUT2D eigenvalue weighted by Gasteiger charge is 2.08. The van der Waals surface area contributed by atoms with Gasteiger partial charge in [0, 0.05) is 17.1 Å². The maximum absolute atomic E-state index is 11.8. The Bertz CT molecular complexity index is 359. The topological polar surface area (TPSA) is 29.1 Å². The molecule has 94 valence electrons. The third-order valence-corrected chi connectivity index (χ3v) is 2.84. The fourth-order valence-electron chi connectivity index (χ4n) is 1.86. The quantitative estimate of drug-likeness (QED) is 0.851. The van der Waals surface area contributed by atoms with E-state index < -0.39 is 0 Å². The van der Waals surface area contributed by atoms with Crippen molar-refractivity contribution in [3.63, 3.8) is 0 Å². The largest absolute Gasteiger partial charge is 0.352 e. The minimum atomic E-state index is -0.0303. The molecular weight excluding hydrogens is 234 g/mol. The first kappa shape index (κ1) is 14.0. The van der Waals surface area contributed by atoms with Gasteiger partial charge >= 0.3 is 0 Å². The van der Waals surface area contributed by atoms with Crippen LogP contribution in [0.2, 0.25) is 5.02 Å². The molecule has 0 aliphatic rings. The van der Waals surface area contributed by atoms with E-state index in [1.807, 2.05) is 0 Å². The van der Waals surface area contributed by atoms with E-state index in [1.165, 1.54) is 0 Å². The Labute approximate surface area is 108 Å². The molecule has 0 spiro atoms. The monoisotopic (exact) mass is 253 g/mol. The summed E-state index contributed by atoms with van der Waals surface area (Å²) in [6.07, 6.45) is 1.13. The van der Waals surface area contributed by atoms with Crippen LogP contribution in [0.3, 0.4) is 0 Å². The summed E-state index contributed by atoms with van der Waals surface area (Å²) in [6.45, 7) is 7.26. The smallest absolute Gasteiger partial charge is 0.251 e. The molecule has 1 atom stereocenters. The lowest BCUT2D eigenvalue weighted by Crippen LogP contribution is -2.28. The third kappa shape index (κ3) is 5.22. The van der Waals surface area contributed by atoms with Crippen molar-refractivity contribution in [2.24, 2.45) is 11.8 Å². The molecule has 17 heavy (non-hydrogen) atoms. The van der Waals surface area contributed by atoms with Crippen LogP contribution in [0.5, 0.6) is 0 Å². The van der Waals surface area contributed by atoms with E-state index in [4.69, 9.17) is 11.6 Å². The minimum absolute atomic E-state index is 0.0303. The Hall–Kier alpha value is -1.02. The van der Waals surface area contributed by atoms with Crippen LogP contribution < -0.4 is 5.32 Å². The van der Waals surface area contributed by atoms with Gasteiger partial charge in [-0.3, -0.25) is 4.79 Å². The summed E-state index contributed by atoms with van der Waals surface area (Å²) in [5.74, 6) is 1.14. The molecule has 1 amide bonds. The summed E-state index contributed by atoms with van der Waals surface area (Å²) in [7, 11) is 0. The molecule has 0 aromatic heterocycles. The molecule has 0 saturated carbocycles. The van der Waals surface area contributed by atoms with Crippen molar-refractivity contribution >= 4 is 17.5 Å². The van der Waals surface area contributed by atoms with Crippen LogP contribution >= 0.6 is 11.6 Å². The van der Waals surface area contributed by atoms with Crippen molar-refractivity contribution in [1.82, 2.24) is 5.32 Å². The molecule has 0 aliphatic carbocycles. The van der Waals surface area contributed by atoms with Crippen molar-refractivity contribution in [2.45, 2.75) is 27.2 Å². The van der Waals surface area contributed by atoms with Crippen molar-refractivity contribution < 1.29 is 4.79 Å². The second kappa shape index (κ2) is 6.65. The SMILES string of the molecule is CC(C)C[C@H](C)CNC(=O)c1ccc(Cl)cc1. The van der Waals surface area contributed by atoms with Gasteiger partial charge in [-0.15, -0.1) is 0 Å². The van der Waals surface area contributed by atoms with Crippen molar-refractivity contribution in [1.29, 1.82) is 0 Å². The zero-order chi connectivity index (χ0) is 12.8. The second-order valence-corrected chi connectivity index (χ2v) is 5.39. The summed E-state index contributed by atoms with van der Waals surface area (Å²) >= 11 is 5.77. The summed E-state index contributed by atoms with van der Waals surface area (Å²) in [5.41, 5.74) is 0.658. The average molecular weight is 254 g/mol. The molecule has 3 heteroatoms. The van der Waals surface area contributed by atoms with Gasteiger partial charge in [-0.1, -0.05) is 32.4 Å². The predicted octanol–water partition coefficient (Wildman–Crippen LogP) is 3.75. The van der Waals surface area contributed by atoms with Gasteiger partial charge in [0.25, 0.3) is 5.91 Å². The highest BCUT2D eigenvalue weighted by molar-refractivity contribution is 6.30. The van der Waals surface area contributed by atoms with Crippen molar-refractivity contribution in [3.05, 3.63) is 34.9 Å². The Morgan fingerprint density at radius 2 is 1.82 bits per heavy atom. The van der Waals surface area contributed by atoms with Crippen LogP contribution in [0.1, 0.15) is 37.6 Å². The van der Waals surface area contributed by atoms with Crippen LogP contribution in [0.15, 0.2) is 24.3 Å². The lowest BCUT2D eigenvalue weighted by molar-refractivity contribution is 0.0946. The Morgan fingerprint density at radius 1 is 1.24 bits per heavy atom. The Morgan fingerprint density at radius 3 is 2.35 bits per heavy atom. The Kier molecular flexibility index (Phi) is 5.49. The molecule has 0 radical (unpaired) electrons. The summed E-state index contributed by atoms with van der Waals surface area (Å²) in [4.78, 5) is 11.8.